The van der Waals surface area contributed by atoms with Crippen LogP contribution in [0.25, 0.3) is 0 Å². The van der Waals surface area contributed by atoms with Crippen LogP contribution < -0.4 is 9.04 Å². The summed E-state index contributed by atoms with van der Waals surface area (Å²) in [4.78, 5) is 0.136. The molecule has 0 fully saturated rings. The Balaban J connectivity index is 1.86. The van der Waals surface area contributed by atoms with Crippen LogP contribution in [0, 0.1) is 6.92 Å². The lowest BCUT2D eigenvalue weighted by Crippen LogP contribution is -2.33. The molecule has 0 spiro atoms. The molecule has 5 nitrogen and oxygen atoms in total. The van der Waals surface area contributed by atoms with Gasteiger partial charge in [0, 0.05) is 0 Å². The third-order valence-electron chi connectivity index (χ3n) is 3.98. The van der Waals surface area contributed by atoms with Crippen molar-refractivity contribution in [2.45, 2.75) is 11.8 Å². The fraction of sp³-hybridized carbons (Fsp3) is 0.143. The molecule has 0 atom stereocenters. The largest absolute Gasteiger partial charge is 0.457 e. The van der Waals surface area contributed by atoms with Crippen LogP contribution in [0.3, 0.4) is 0 Å². The van der Waals surface area contributed by atoms with E-state index in [1.807, 2.05) is 37.3 Å². The van der Waals surface area contributed by atoms with E-state index in [4.69, 9.17) is 4.74 Å². The van der Waals surface area contributed by atoms with Crippen molar-refractivity contribution in [3.8, 4) is 11.5 Å². The summed E-state index contributed by atoms with van der Waals surface area (Å²) < 4.78 is 33.0. The third-order valence-corrected chi connectivity index (χ3v) is 5.83. The first-order valence-electron chi connectivity index (χ1n) is 8.54. The lowest BCUT2D eigenvalue weighted by molar-refractivity contribution is 0.306. The van der Waals surface area contributed by atoms with Crippen molar-refractivity contribution in [2.24, 2.45) is 0 Å². The summed E-state index contributed by atoms with van der Waals surface area (Å²) in [6.45, 7) is 1.68. The topological polar surface area (TPSA) is 66.8 Å². The van der Waals surface area contributed by atoms with Crippen LogP contribution in [0.5, 0.6) is 11.5 Å². The summed E-state index contributed by atoms with van der Waals surface area (Å²) in [5, 5.41) is 9.31. The molecule has 0 saturated heterocycles. The summed E-state index contributed by atoms with van der Waals surface area (Å²) >= 11 is 0. The highest BCUT2D eigenvalue weighted by Gasteiger charge is 2.24. The first-order chi connectivity index (χ1) is 13.0. The zero-order valence-electron chi connectivity index (χ0n) is 14.9. The molecule has 1 N–H and O–H groups in total. The van der Waals surface area contributed by atoms with Gasteiger partial charge in [0.25, 0.3) is 10.0 Å². The molecule has 6 heteroatoms. The average Bonchev–Trinajstić information content (AvgIpc) is 2.67. The fourth-order valence-electron chi connectivity index (χ4n) is 2.69. The monoisotopic (exact) mass is 383 g/mol. The van der Waals surface area contributed by atoms with Gasteiger partial charge >= 0.3 is 0 Å². The van der Waals surface area contributed by atoms with E-state index in [9.17, 15) is 13.5 Å². The van der Waals surface area contributed by atoms with E-state index in [-0.39, 0.29) is 18.0 Å². The molecule has 0 aliphatic carbocycles. The van der Waals surface area contributed by atoms with Crippen LogP contribution in [0.4, 0.5) is 5.69 Å². The van der Waals surface area contributed by atoms with Crippen molar-refractivity contribution < 1.29 is 18.3 Å². The molecular formula is C21H21NO4S. The summed E-state index contributed by atoms with van der Waals surface area (Å²) in [6.07, 6.45) is 0. The SMILES string of the molecule is Cc1cccc(Oc2ccc(S(=O)(=O)N(CCO)c3ccccc3)cc2)c1. The number of benzene rings is 3. The van der Waals surface area contributed by atoms with Gasteiger partial charge in [-0.25, -0.2) is 8.42 Å². The third kappa shape index (κ3) is 4.48. The molecule has 3 rings (SSSR count). The van der Waals surface area contributed by atoms with Crippen LogP contribution in [0.15, 0.2) is 83.8 Å². The Morgan fingerprint density at radius 2 is 1.59 bits per heavy atom. The Kier molecular flexibility index (Phi) is 5.78. The van der Waals surface area contributed by atoms with Crippen molar-refractivity contribution in [1.29, 1.82) is 0 Å². The van der Waals surface area contributed by atoms with E-state index in [0.717, 1.165) is 5.56 Å². The molecule has 0 aliphatic heterocycles. The number of hydrogen-bond donors (Lipinski definition) is 1. The van der Waals surface area contributed by atoms with Gasteiger partial charge in [0.2, 0.25) is 0 Å². The molecule has 0 radical (unpaired) electrons. The number of ether oxygens (including phenoxy) is 1. The summed E-state index contributed by atoms with van der Waals surface area (Å²) in [6, 6.07) is 22.6. The quantitative estimate of drug-likeness (QED) is 0.670. The van der Waals surface area contributed by atoms with E-state index in [2.05, 4.69) is 0 Å². The summed E-state index contributed by atoms with van der Waals surface area (Å²) in [7, 11) is -3.79. The maximum Gasteiger partial charge on any atom is 0.264 e. The first-order valence-corrected chi connectivity index (χ1v) is 9.98. The number of anilines is 1. The van der Waals surface area contributed by atoms with E-state index >= 15 is 0 Å². The Hall–Kier alpha value is -2.83. The zero-order chi connectivity index (χ0) is 19.3. The second-order valence-corrected chi connectivity index (χ2v) is 7.89. The van der Waals surface area contributed by atoms with Crippen molar-refractivity contribution in [2.75, 3.05) is 17.5 Å². The number of rotatable bonds is 7. The van der Waals surface area contributed by atoms with Gasteiger partial charge in [-0.15, -0.1) is 0 Å². The molecule has 3 aromatic rings. The zero-order valence-corrected chi connectivity index (χ0v) is 15.8. The van der Waals surface area contributed by atoms with E-state index in [1.54, 1.807) is 36.4 Å². The van der Waals surface area contributed by atoms with Gasteiger partial charge in [-0.05, 0) is 61.0 Å². The van der Waals surface area contributed by atoms with E-state index in [0.29, 0.717) is 17.2 Å². The number of hydrogen-bond acceptors (Lipinski definition) is 4. The minimum Gasteiger partial charge on any atom is -0.457 e. The molecule has 27 heavy (non-hydrogen) atoms. The molecule has 3 aromatic carbocycles. The molecule has 0 heterocycles. The minimum atomic E-state index is -3.79. The molecule has 0 bridgehead atoms. The van der Waals surface area contributed by atoms with Crippen molar-refractivity contribution in [1.82, 2.24) is 0 Å². The predicted molar refractivity (Wildman–Crippen MR) is 106 cm³/mol. The van der Waals surface area contributed by atoms with Crippen LogP contribution in [0.2, 0.25) is 0 Å². The first kappa shape index (κ1) is 18.9. The molecule has 0 unspecified atom stereocenters. The minimum absolute atomic E-state index is 0.0200. The molecule has 0 amide bonds. The average molecular weight is 383 g/mol. The number of aryl methyl sites for hydroxylation is 1. The van der Waals surface area contributed by atoms with Crippen LogP contribution in [0.1, 0.15) is 5.56 Å². The highest BCUT2D eigenvalue weighted by atomic mass is 32.2. The van der Waals surface area contributed by atoms with Gasteiger partial charge in [0.1, 0.15) is 11.5 Å². The molecule has 140 valence electrons. The molecule has 0 saturated carbocycles. The second kappa shape index (κ2) is 8.24. The standard InChI is InChI=1S/C21H21NO4S/c1-17-6-5-9-20(16-17)26-19-10-12-21(13-11-19)27(24,25)22(14-15-23)18-7-3-2-4-8-18/h2-13,16,23H,14-15H2,1H3. The van der Waals surface area contributed by atoms with E-state index in [1.165, 1.54) is 16.4 Å². The lowest BCUT2D eigenvalue weighted by Gasteiger charge is -2.23. The second-order valence-electron chi connectivity index (χ2n) is 6.03. The number of aliphatic hydroxyl groups excluding tert-OH is 1. The van der Waals surface area contributed by atoms with E-state index < -0.39 is 10.0 Å². The highest BCUT2D eigenvalue weighted by molar-refractivity contribution is 7.92. The fourth-order valence-corrected chi connectivity index (χ4v) is 4.15. The van der Waals surface area contributed by atoms with Gasteiger partial charge in [-0.2, -0.15) is 0 Å². The normalized spacial score (nSPS) is 11.2. The van der Waals surface area contributed by atoms with Crippen LogP contribution >= 0.6 is 0 Å². The van der Waals surface area contributed by atoms with Gasteiger partial charge < -0.3 is 9.84 Å². The Bertz CT molecular complexity index is 986. The van der Waals surface area contributed by atoms with Crippen molar-refractivity contribution >= 4 is 15.7 Å². The van der Waals surface area contributed by atoms with Gasteiger partial charge in [-0.1, -0.05) is 30.3 Å². The predicted octanol–water partition coefficient (Wildman–Crippen LogP) is 3.97. The van der Waals surface area contributed by atoms with Gasteiger partial charge in [0.05, 0.1) is 23.7 Å². The number of aliphatic hydroxyl groups is 1. The Morgan fingerprint density at radius 3 is 2.22 bits per heavy atom. The molecule has 0 aromatic heterocycles. The number of nitrogens with zero attached hydrogens (tertiary/aromatic N) is 1. The van der Waals surface area contributed by atoms with Crippen LogP contribution in [-0.2, 0) is 10.0 Å². The smallest absolute Gasteiger partial charge is 0.264 e. The van der Waals surface area contributed by atoms with Crippen molar-refractivity contribution in [3.63, 3.8) is 0 Å². The Morgan fingerprint density at radius 1 is 0.889 bits per heavy atom. The maximum absolute atomic E-state index is 13.0. The summed E-state index contributed by atoms with van der Waals surface area (Å²) in [5.41, 5.74) is 1.58. The maximum atomic E-state index is 13.0. The number of sulfonamides is 1. The number of para-hydroxylation sites is 1. The molecular weight excluding hydrogens is 362 g/mol. The molecule has 0 aliphatic rings. The van der Waals surface area contributed by atoms with Gasteiger partial charge in [-0.3, -0.25) is 4.31 Å². The summed E-state index contributed by atoms with van der Waals surface area (Å²) in [5.74, 6) is 1.24. The Labute approximate surface area is 159 Å². The highest BCUT2D eigenvalue weighted by Crippen LogP contribution is 2.27. The van der Waals surface area contributed by atoms with Crippen LogP contribution in [-0.4, -0.2) is 26.7 Å². The van der Waals surface area contributed by atoms with Crippen molar-refractivity contribution in [3.05, 3.63) is 84.4 Å². The van der Waals surface area contributed by atoms with Gasteiger partial charge in [0.15, 0.2) is 0 Å². The lowest BCUT2D eigenvalue weighted by atomic mass is 10.2.